The maximum atomic E-state index is 10.6. The second-order valence-corrected chi connectivity index (χ2v) is 7.72. The predicted molar refractivity (Wildman–Crippen MR) is 108 cm³/mol. The lowest BCUT2D eigenvalue weighted by molar-refractivity contribution is -0.192. The first-order valence-corrected chi connectivity index (χ1v) is 10.1. The number of carboxylic acids is 1. The van der Waals surface area contributed by atoms with Crippen molar-refractivity contribution in [3.8, 4) is 0 Å². The van der Waals surface area contributed by atoms with E-state index in [-0.39, 0.29) is 6.10 Å². The first kappa shape index (κ1) is 23.8. The number of rotatable bonds is 4. The highest BCUT2D eigenvalue weighted by Gasteiger charge is 2.41. The highest BCUT2D eigenvalue weighted by molar-refractivity contribution is 5.73. The maximum absolute atomic E-state index is 10.6. The number of carboxylic acid groups (broad SMARTS) is 1. The molecule has 0 saturated carbocycles. The number of piperidine rings is 1. The Balaban J connectivity index is 0.000000360. The largest absolute Gasteiger partial charge is 0.490 e. The molecule has 2 aromatic rings. The van der Waals surface area contributed by atoms with Crippen LogP contribution in [-0.2, 0) is 16.1 Å². The topological polar surface area (TPSA) is 105 Å². The number of alkyl halides is 3. The normalized spacial score (nSPS) is 23.2. The lowest BCUT2D eigenvalue weighted by atomic mass is 9.85. The third-order valence-corrected chi connectivity index (χ3v) is 5.43. The zero-order valence-corrected chi connectivity index (χ0v) is 17.5. The maximum Gasteiger partial charge on any atom is 0.490 e. The van der Waals surface area contributed by atoms with Crippen molar-refractivity contribution in [2.75, 3.05) is 31.6 Å². The van der Waals surface area contributed by atoms with Gasteiger partial charge in [-0.1, -0.05) is 0 Å². The number of nitrogens with zero attached hydrogens (tertiary/aromatic N) is 6. The van der Waals surface area contributed by atoms with Crippen molar-refractivity contribution in [2.45, 2.75) is 37.7 Å². The minimum atomic E-state index is -5.08. The molecule has 9 nitrogen and oxygen atoms in total. The van der Waals surface area contributed by atoms with Crippen molar-refractivity contribution in [2.24, 2.45) is 5.92 Å². The molecule has 0 amide bonds. The van der Waals surface area contributed by atoms with E-state index in [1.807, 2.05) is 30.9 Å². The molecule has 0 aliphatic carbocycles. The van der Waals surface area contributed by atoms with Crippen molar-refractivity contribution >= 4 is 11.9 Å². The quantitative estimate of drug-likeness (QED) is 0.743. The molecule has 3 atom stereocenters. The summed E-state index contributed by atoms with van der Waals surface area (Å²) < 4.78 is 37.9. The lowest BCUT2D eigenvalue weighted by Gasteiger charge is -2.48. The van der Waals surface area contributed by atoms with Crippen LogP contribution in [0.25, 0.3) is 0 Å². The Bertz CT molecular complexity index is 859. The molecule has 0 radical (unpaired) electrons. The monoisotopic (exact) mass is 454 g/mol. The molecule has 4 heterocycles. The fraction of sp³-hybridized carbons (Fsp3) is 0.550. The number of halogens is 3. The number of ether oxygens (including phenoxy) is 1. The molecule has 2 aliphatic heterocycles. The van der Waals surface area contributed by atoms with Gasteiger partial charge >= 0.3 is 12.1 Å². The van der Waals surface area contributed by atoms with Gasteiger partial charge in [0.1, 0.15) is 6.33 Å². The first-order valence-electron chi connectivity index (χ1n) is 10.1. The van der Waals surface area contributed by atoms with E-state index in [1.165, 1.54) is 6.42 Å². The molecule has 1 N–H and O–H groups in total. The molecule has 4 rings (SSSR count). The lowest BCUT2D eigenvalue weighted by Crippen LogP contribution is -2.60. The second kappa shape index (κ2) is 10.6. The van der Waals surface area contributed by atoms with Crippen LogP contribution in [0.4, 0.5) is 19.1 Å². The fourth-order valence-electron chi connectivity index (χ4n) is 4.00. The summed E-state index contributed by atoms with van der Waals surface area (Å²) in [5.41, 5.74) is 1.12. The molecule has 2 saturated heterocycles. The number of hydrogen-bond acceptors (Lipinski definition) is 8. The minimum absolute atomic E-state index is 0.267. The van der Waals surface area contributed by atoms with E-state index in [9.17, 15) is 13.2 Å². The van der Waals surface area contributed by atoms with Gasteiger partial charge in [0.15, 0.2) is 0 Å². The smallest absolute Gasteiger partial charge is 0.475 e. The Hall–Kier alpha value is -2.86. The Morgan fingerprint density at radius 3 is 2.53 bits per heavy atom. The third kappa shape index (κ3) is 6.33. The van der Waals surface area contributed by atoms with E-state index in [1.54, 1.807) is 6.33 Å². The summed E-state index contributed by atoms with van der Waals surface area (Å²) in [5.74, 6) is -1.42. The van der Waals surface area contributed by atoms with Gasteiger partial charge < -0.3 is 14.7 Å². The van der Waals surface area contributed by atoms with Crippen LogP contribution in [0.2, 0.25) is 0 Å². The van der Waals surface area contributed by atoms with Crippen LogP contribution in [0.3, 0.4) is 0 Å². The highest BCUT2D eigenvalue weighted by atomic mass is 19.4. The average molecular weight is 454 g/mol. The van der Waals surface area contributed by atoms with Crippen LogP contribution in [0.5, 0.6) is 0 Å². The number of carbonyl (C=O) groups is 1. The molecule has 12 heteroatoms. The van der Waals surface area contributed by atoms with Crippen LogP contribution >= 0.6 is 0 Å². The molecule has 0 unspecified atom stereocenters. The highest BCUT2D eigenvalue weighted by Crippen LogP contribution is 2.32. The third-order valence-electron chi connectivity index (χ3n) is 5.43. The fourth-order valence-corrected chi connectivity index (χ4v) is 4.00. The van der Waals surface area contributed by atoms with E-state index < -0.39 is 12.1 Å². The van der Waals surface area contributed by atoms with Crippen LogP contribution < -0.4 is 4.90 Å². The summed E-state index contributed by atoms with van der Waals surface area (Å²) in [4.78, 5) is 30.7. The summed E-state index contributed by atoms with van der Waals surface area (Å²) in [7, 11) is 2.15. The average Bonchev–Trinajstić information content (AvgIpc) is 2.79. The van der Waals surface area contributed by atoms with E-state index in [0.717, 1.165) is 44.2 Å². The molecule has 0 aromatic carbocycles. The van der Waals surface area contributed by atoms with E-state index >= 15 is 0 Å². The summed E-state index contributed by atoms with van der Waals surface area (Å²) in [6.07, 6.45) is 6.47. The number of hydrogen-bond donors (Lipinski definition) is 1. The summed E-state index contributed by atoms with van der Waals surface area (Å²) in [6.45, 7) is 3.51. The molecule has 2 aromatic heterocycles. The van der Waals surface area contributed by atoms with Gasteiger partial charge in [0, 0.05) is 62.5 Å². The van der Waals surface area contributed by atoms with E-state index in [0.29, 0.717) is 12.0 Å². The number of anilines is 1. The van der Waals surface area contributed by atoms with Crippen molar-refractivity contribution < 1.29 is 27.8 Å². The Morgan fingerprint density at radius 2 is 1.91 bits per heavy atom. The van der Waals surface area contributed by atoms with Crippen molar-refractivity contribution in [1.82, 2.24) is 24.8 Å². The standard InChI is InChI=1S/C18H24N6O.C2HF3O2/c1-23(10-14-8-19-13-20-9-14)16-12-24(18-21-5-3-6-22-18)11-15-4-2-7-25-17(15)16;3-2(4,5)1(6)7/h3,5-6,8-9,13,15-17H,2,4,7,10-12H2,1H3;(H,6,7)/t15-,16+,17-;/m0./s1. The van der Waals surface area contributed by atoms with Crippen LogP contribution in [0.15, 0.2) is 37.2 Å². The molecular weight excluding hydrogens is 429 g/mol. The van der Waals surface area contributed by atoms with Gasteiger partial charge in [0.2, 0.25) is 5.95 Å². The van der Waals surface area contributed by atoms with Gasteiger partial charge in [-0.05, 0) is 26.0 Å². The van der Waals surface area contributed by atoms with E-state index in [4.69, 9.17) is 14.6 Å². The van der Waals surface area contributed by atoms with Gasteiger partial charge in [0.05, 0.1) is 12.1 Å². The number of fused-ring (bicyclic) bond motifs is 1. The number of aromatic nitrogens is 4. The van der Waals surface area contributed by atoms with Crippen molar-refractivity contribution in [1.29, 1.82) is 0 Å². The van der Waals surface area contributed by atoms with Crippen molar-refractivity contribution in [3.63, 3.8) is 0 Å². The molecule has 0 bridgehead atoms. The van der Waals surface area contributed by atoms with E-state index in [2.05, 4.69) is 36.8 Å². The predicted octanol–water partition coefficient (Wildman–Crippen LogP) is 2.02. The minimum Gasteiger partial charge on any atom is -0.475 e. The van der Waals surface area contributed by atoms with Crippen LogP contribution in [0.1, 0.15) is 18.4 Å². The van der Waals surface area contributed by atoms with Gasteiger partial charge in [-0.2, -0.15) is 13.2 Å². The Kier molecular flexibility index (Phi) is 7.91. The van der Waals surface area contributed by atoms with Gasteiger partial charge in [-0.15, -0.1) is 0 Å². The van der Waals surface area contributed by atoms with Gasteiger partial charge in [0.25, 0.3) is 0 Å². The van der Waals surface area contributed by atoms with Crippen LogP contribution in [-0.4, -0.2) is 81.0 Å². The second-order valence-electron chi connectivity index (χ2n) is 7.72. The number of likely N-dealkylation sites (N-methyl/N-ethyl adjacent to an activating group) is 1. The molecule has 0 spiro atoms. The molecule has 2 aliphatic rings. The molecule has 32 heavy (non-hydrogen) atoms. The number of aliphatic carboxylic acids is 1. The van der Waals surface area contributed by atoms with Gasteiger partial charge in [-0.25, -0.2) is 24.7 Å². The van der Waals surface area contributed by atoms with Gasteiger partial charge in [-0.3, -0.25) is 4.90 Å². The van der Waals surface area contributed by atoms with Crippen molar-refractivity contribution in [3.05, 3.63) is 42.7 Å². The zero-order valence-electron chi connectivity index (χ0n) is 17.5. The summed E-state index contributed by atoms with van der Waals surface area (Å²) in [6, 6.07) is 2.15. The SMILES string of the molecule is CN(Cc1cncnc1)[C@@H]1CN(c2ncccn2)C[C@@H]2CCCO[C@@H]21.O=C(O)C(F)(F)F. The first-order chi connectivity index (χ1) is 15.3. The Morgan fingerprint density at radius 1 is 1.25 bits per heavy atom. The summed E-state index contributed by atoms with van der Waals surface area (Å²) in [5, 5.41) is 7.12. The molecule has 2 fully saturated rings. The van der Waals surface area contributed by atoms with Crippen LogP contribution in [0, 0.1) is 5.92 Å². The zero-order chi connectivity index (χ0) is 23.1. The molecular formula is C20H25F3N6O3. The summed E-state index contributed by atoms with van der Waals surface area (Å²) >= 11 is 0. The Labute approximate surface area is 183 Å². The molecule has 174 valence electrons.